The van der Waals surface area contributed by atoms with Crippen LogP contribution in [0.5, 0.6) is 5.75 Å². The molecule has 0 saturated carbocycles. The summed E-state index contributed by atoms with van der Waals surface area (Å²) in [6.07, 6.45) is -4.63. The number of aliphatic hydroxyl groups is 1. The molecule has 0 aliphatic rings. The zero-order valence-electron chi connectivity index (χ0n) is 6.77. The molecule has 0 aliphatic carbocycles. The van der Waals surface area contributed by atoms with Crippen molar-refractivity contribution in [3.05, 3.63) is 27.7 Å². The average molecular weight is 271 g/mol. The summed E-state index contributed by atoms with van der Waals surface area (Å²) in [4.78, 5) is 0. The Hall–Kier alpha value is -0.750. The maximum atomic E-state index is 12.3. The Labute approximate surface area is 86.1 Å². The third-order valence-corrected chi connectivity index (χ3v) is 2.22. The van der Waals surface area contributed by atoms with E-state index in [1.807, 2.05) is 0 Å². The molecule has 0 atom stereocenters. The van der Waals surface area contributed by atoms with Gasteiger partial charge in [-0.1, -0.05) is 0 Å². The van der Waals surface area contributed by atoms with E-state index in [4.69, 9.17) is 10.2 Å². The lowest BCUT2D eigenvalue weighted by Gasteiger charge is -2.11. The van der Waals surface area contributed by atoms with Gasteiger partial charge in [-0.15, -0.1) is 0 Å². The van der Waals surface area contributed by atoms with Gasteiger partial charge in [-0.2, -0.15) is 13.2 Å². The van der Waals surface area contributed by atoms with E-state index in [1.165, 1.54) is 6.07 Å². The molecule has 1 aromatic rings. The van der Waals surface area contributed by atoms with E-state index in [-0.39, 0.29) is 10.0 Å². The van der Waals surface area contributed by atoms with Crippen LogP contribution in [0.3, 0.4) is 0 Å². The second-order valence-electron chi connectivity index (χ2n) is 2.63. The number of alkyl halides is 3. The van der Waals surface area contributed by atoms with Gasteiger partial charge < -0.3 is 10.2 Å². The maximum absolute atomic E-state index is 12.3. The van der Waals surface area contributed by atoms with Crippen molar-refractivity contribution >= 4 is 15.9 Å². The first-order valence-corrected chi connectivity index (χ1v) is 4.35. The van der Waals surface area contributed by atoms with Crippen LogP contribution in [0, 0.1) is 0 Å². The third-order valence-electron chi connectivity index (χ3n) is 1.61. The molecule has 1 rings (SSSR count). The molecule has 6 heteroatoms. The molecule has 2 nitrogen and oxygen atoms in total. The second-order valence-corrected chi connectivity index (χ2v) is 3.48. The Morgan fingerprint density at radius 1 is 1.29 bits per heavy atom. The number of phenols is 1. The van der Waals surface area contributed by atoms with E-state index in [0.29, 0.717) is 6.07 Å². The molecule has 0 amide bonds. The minimum Gasteiger partial charge on any atom is -0.506 e. The molecule has 0 radical (unpaired) electrons. The number of hydrogen-bond acceptors (Lipinski definition) is 2. The fraction of sp³-hybridized carbons (Fsp3) is 0.250. The standard InChI is InChI=1S/C8H6BrF3O2/c9-6-2-4(3-13)1-5(7(6)14)8(10,11)12/h1-2,13-14H,3H2. The number of rotatable bonds is 1. The van der Waals surface area contributed by atoms with Crippen LogP contribution < -0.4 is 0 Å². The van der Waals surface area contributed by atoms with Crippen molar-refractivity contribution in [2.24, 2.45) is 0 Å². The van der Waals surface area contributed by atoms with Gasteiger partial charge in [0.05, 0.1) is 16.6 Å². The van der Waals surface area contributed by atoms with Crippen LogP contribution in [0.4, 0.5) is 13.2 Å². The minimum absolute atomic E-state index is 0.0852. The first-order chi connectivity index (χ1) is 6.36. The molecule has 0 unspecified atom stereocenters. The fourth-order valence-electron chi connectivity index (χ4n) is 0.963. The molecule has 0 heterocycles. The Kier molecular flexibility index (Phi) is 3.06. The molecule has 0 aliphatic heterocycles. The summed E-state index contributed by atoms with van der Waals surface area (Å²) in [5, 5.41) is 17.8. The van der Waals surface area contributed by atoms with Crippen molar-refractivity contribution in [1.29, 1.82) is 0 Å². The van der Waals surface area contributed by atoms with E-state index >= 15 is 0 Å². The highest BCUT2D eigenvalue weighted by molar-refractivity contribution is 9.10. The molecule has 0 aromatic heterocycles. The topological polar surface area (TPSA) is 40.5 Å². The predicted octanol–water partition coefficient (Wildman–Crippen LogP) is 2.67. The summed E-state index contributed by atoms with van der Waals surface area (Å²) in [6.45, 7) is -0.512. The van der Waals surface area contributed by atoms with Crippen molar-refractivity contribution < 1.29 is 23.4 Å². The van der Waals surface area contributed by atoms with Crippen molar-refractivity contribution in [3.63, 3.8) is 0 Å². The molecule has 0 saturated heterocycles. The molecule has 14 heavy (non-hydrogen) atoms. The fourth-order valence-corrected chi connectivity index (χ4v) is 1.47. The van der Waals surface area contributed by atoms with Gasteiger partial charge in [-0.05, 0) is 33.6 Å². The molecule has 1 aromatic carbocycles. The van der Waals surface area contributed by atoms with Gasteiger partial charge >= 0.3 is 6.18 Å². The van der Waals surface area contributed by atoms with E-state index in [1.54, 1.807) is 0 Å². The zero-order chi connectivity index (χ0) is 10.9. The number of aliphatic hydroxyl groups excluding tert-OH is 1. The van der Waals surface area contributed by atoms with Crippen molar-refractivity contribution in [3.8, 4) is 5.75 Å². The Bertz CT molecular complexity index is 349. The monoisotopic (exact) mass is 270 g/mol. The molecule has 2 N–H and O–H groups in total. The van der Waals surface area contributed by atoms with E-state index in [0.717, 1.165) is 0 Å². The summed E-state index contributed by atoms with van der Waals surface area (Å²) in [5.41, 5.74) is -1.07. The summed E-state index contributed by atoms with van der Waals surface area (Å²) in [6, 6.07) is 1.94. The number of halogens is 4. The van der Waals surface area contributed by atoms with Crippen LogP contribution in [-0.2, 0) is 12.8 Å². The highest BCUT2D eigenvalue weighted by atomic mass is 79.9. The molecule has 0 fully saturated rings. The largest absolute Gasteiger partial charge is 0.506 e. The first kappa shape index (κ1) is 11.3. The number of phenolic OH excluding ortho intramolecular Hbond substituents is 1. The van der Waals surface area contributed by atoms with Gasteiger partial charge in [0.1, 0.15) is 5.75 Å². The highest BCUT2D eigenvalue weighted by Crippen LogP contribution is 2.40. The molecular formula is C8H6BrF3O2. The molecular weight excluding hydrogens is 265 g/mol. The summed E-state index contributed by atoms with van der Waals surface area (Å²) < 4.78 is 36.8. The van der Waals surface area contributed by atoms with Gasteiger partial charge in [-0.25, -0.2) is 0 Å². The van der Waals surface area contributed by atoms with Crippen LogP contribution >= 0.6 is 15.9 Å². The van der Waals surface area contributed by atoms with Gasteiger partial charge in [-0.3, -0.25) is 0 Å². The van der Waals surface area contributed by atoms with Crippen LogP contribution in [0.1, 0.15) is 11.1 Å². The van der Waals surface area contributed by atoms with Crippen LogP contribution in [0.25, 0.3) is 0 Å². The van der Waals surface area contributed by atoms with E-state index in [9.17, 15) is 13.2 Å². The zero-order valence-corrected chi connectivity index (χ0v) is 8.35. The SMILES string of the molecule is OCc1cc(Br)c(O)c(C(F)(F)F)c1. The van der Waals surface area contributed by atoms with Gasteiger partial charge in [0, 0.05) is 0 Å². The van der Waals surface area contributed by atoms with E-state index < -0.39 is 24.1 Å². The summed E-state index contributed by atoms with van der Waals surface area (Å²) >= 11 is 2.77. The van der Waals surface area contributed by atoms with Gasteiger partial charge in [0.25, 0.3) is 0 Å². The van der Waals surface area contributed by atoms with E-state index in [2.05, 4.69) is 15.9 Å². The lowest BCUT2D eigenvalue weighted by atomic mass is 10.1. The average Bonchev–Trinajstić information content (AvgIpc) is 2.07. The number of hydrogen-bond donors (Lipinski definition) is 2. The lowest BCUT2D eigenvalue weighted by molar-refractivity contribution is -0.138. The summed E-state index contributed by atoms with van der Waals surface area (Å²) in [7, 11) is 0. The van der Waals surface area contributed by atoms with Gasteiger partial charge in [0.2, 0.25) is 0 Å². The minimum atomic E-state index is -4.63. The quantitative estimate of drug-likeness (QED) is 0.824. The van der Waals surface area contributed by atoms with Crippen LogP contribution in [-0.4, -0.2) is 10.2 Å². The molecule has 78 valence electrons. The van der Waals surface area contributed by atoms with Crippen molar-refractivity contribution in [2.75, 3.05) is 0 Å². The Balaban J connectivity index is 3.35. The van der Waals surface area contributed by atoms with Gasteiger partial charge in [0.15, 0.2) is 0 Å². The smallest absolute Gasteiger partial charge is 0.420 e. The molecule has 0 spiro atoms. The Morgan fingerprint density at radius 3 is 2.29 bits per heavy atom. The van der Waals surface area contributed by atoms with Crippen molar-refractivity contribution in [2.45, 2.75) is 12.8 Å². The molecule has 0 bridgehead atoms. The third kappa shape index (κ3) is 2.19. The number of benzene rings is 1. The van der Waals surface area contributed by atoms with Crippen LogP contribution in [0.2, 0.25) is 0 Å². The summed E-state index contributed by atoms with van der Waals surface area (Å²) in [5.74, 6) is -0.866. The first-order valence-electron chi connectivity index (χ1n) is 3.55. The van der Waals surface area contributed by atoms with Crippen molar-refractivity contribution in [1.82, 2.24) is 0 Å². The Morgan fingerprint density at radius 2 is 1.86 bits per heavy atom. The second kappa shape index (κ2) is 3.78. The number of aromatic hydroxyl groups is 1. The predicted molar refractivity (Wildman–Crippen MR) is 46.7 cm³/mol. The maximum Gasteiger partial charge on any atom is 0.420 e. The normalized spacial score (nSPS) is 11.8. The lowest BCUT2D eigenvalue weighted by Crippen LogP contribution is -2.06. The highest BCUT2D eigenvalue weighted by Gasteiger charge is 2.35. The van der Waals surface area contributed by atoms with Crippen LogP contribution in [0.15, 0.2) is 16.6 Å².